The summed E-state index contributed by atoms with van der Waals surface area (Å²) in [6, 6.07) is 17.1. The molecule has 27 heavy (non-hydrogen) atoms. The Kier molecular flexibility index (Phi) is 4.13. The van der Waals surface area contributed by atoms with Crippen LogP contribution < -0.4 is 0 Å². The van der Waals surface area contributed by atoms with Gasteiger partial charge < -0.3 is 9.88 Å². The van der Waals surface area contributed by atoms with Crippen LogP contribution in [0.3, 0.4) is 0 Å². The lowest BCUT2D eigenvalue weighted by atomic mass is 9.74. The molecule has 3 heteroatoms. The number of carbonyl (C=O) groups is 1. The van der Waals surface area contributed by atoms with Gasteiger partial charge in [0.1, 0.15) is 0 Å². The van der Waals surface area contributed by atoms with Crippen LogP contribution in [-0.2, 0) is 11.8 Å². The number of aromatic nitrogens is 1. The summed E-state index contributed by atoms with van der Waals surface area (Å²) >= 11 is 0. The molecule has 1 aromatic heterocycles. The molecule has 2 aliphatic rings. The lowest BCUT2D eigenvalue weighted by Gasteiger charge is -2.40. The number of nitrogens with one attached hydrogen (secondary N) is 1. The van der Waals surface area contributed by atoms with Crippen LogP contribution in [0.25, 0.3) is 10.9 Å². The van der Waals surface area contributed by atoms with Crippen LogP contribution in [0.15, 0.2) is 54.7 Å². The van der Waals surface area contributed by atoms with Gasteiger partial charge in [0.2, 0.25) is 0 Å². The standard InChI is InChI=1S/C24H26N2O/c27-23(20-17-25-22-8-4-2-6-19(20)22)10-14-26-15-12-24(13-16-26)11-9-18-5-1-3-7-21(18)24/h1-8,17,25H,9-16H2. The summed E-state index contributed by atoms with van der Waals surface area (Å²) in [5.74, 6) is 0.249. The molecule has 138 valence electrons. The van der Waals surface area contributed by atoms with Gasteiger partial charge in [0, 0.05) is 35.6 Å². The molecule has 0 saturated carbocycles. The Labute approximate surface area is 160 Å². The number of nitrogens with zero attached hydrogens (tertiary/aromatic N) is 1. The van der Waals surface area contributed by atoms with Crippen molar-refractivity contribution >= 4 is 16.7 Å². The predicted molar refractivity (Wildman–Crippen MR) is 109 cm³/mol. The monoisotopic (exact) mass is 358 g/mol. The highest BCUT2D eigenvalue weighted by molar-refractivity contribution is 6.07. The summed E-state index contributed by atoms with van der Waals surface area (Å²) in [6.07, 6.45) is 7.46. The maximum absolute atomic E-state index is 12.7. The van der Waals surface area contributed by atoms with E-state index in [-0.39, 0.29) is 5.78 Å². The molecule has 2 aromatic carbocycles. The average molecular weight is 358 g/mol. The van der Waals surface area contributed by atoms with Crippen molar-refractivity contribution in [3.05, 3.63) is 71.4 Å². The molecule has 1 aliphatic heterocycles. The van der Waals surface area contributed by atoms with Crippen molar-refractivity contribution in [1.29, 1.82) is 0 Å². The van der Waals surface area contributed by atoms with E-state index in [4.69, 9.17) is 0 Å². The van der Waals surface area contributed by atoms with Crippen LogP contribution in [0.4, 0.5) is 0 Å². The molecule has 1 N–H and O–H groups in total. The van der Waals surface area contributed by atoms with E-state index in [0.717, 1.165) is 36.1 Å². The number of piperidine rings is 1. The molecule has 1 spiro atoms. The molecular formula is C24H26N2O. The molecule has 0 unspecified atom stereocenters. The van der Waals surface area contributed by atoms with Crippen molar-refractivity contribution in [2.24, 2.45) is 0 Å². The van der Waals surface area contributed by atoms with Crippen LogP contribution >= 0.6 is 0 Å². The van der Waals surface area contributed by atoms with Crippen molar-refractivity contribution in [1.82, 2.24) is 9.88 Å². The van der Waals surface area contributed by atoms with Crippen molar-refractivity contribution in [3.8, 4) is 0 Å². The maximum atomic E-state index is 12.7. The highest BCUT2D eigenvalue weighted by Crippen LogP contribution is 2.46. The number of carbonyl (C=O) groups excluding carboxylic acids is 1. The van der Waals surface area contributed by atoms with Gasteiger partial charge in [-0.25, -0.2) is 0 Å². The third kappa shape index (κ3) is 2.90. The highest BCUT2D eigenvalue weighted by atomic mass is 16.1. The van der Waals surface area contributed by atoms with Crippen molar-refractivity contribution in [2.75, 3.05) is 19.6 Å². The Bertz CT molecular complexity index is 979. The van der Waals surface area contributed by atoms with Crippen LogP contribution in [-0.4, -0.2) is 35.3 Å². The van der Waals surface area contributed by atoms with Gasteiger partial charge in [0.25, 0.3) is 0 Å². The minimum Gasteiger partial charge on any atom is -0.360 e. The van der Waals surface area contributed by atoms with E-state index < -0.39 is 0 Å². The number of para-hydroxylation sites is 1. The van der Waals surface area contributed by atoms with Gasteiger partial charge in [-0.3, -0.25) is 4.79 Å². The Morgan fingerprint density at radius 2 is 1.78 bits per heavy atom. The molecule has 5 rings (SSSR count). The number of aromatic amines is 1. The van der Waals surface area contributed by atoms with E-state index in [0.29, 0.717) is 11.8 Å². The fraction of sp³-hybridized carbons (Fsp3) is 0.375. The zero-order valence-electron chi connectivity index (χ0n) is 15.7. The molecule has 0 radical (unpaired) electrons. The quantitative estimate of drug-likeness (QED) is 0.685. The zero-order valence-corrected chi connectivity index (χ0v) is 15.7. The van der Waals surface area contributed by atoms with Gasteiger partial charge in [0.15, 0.2) is 5.78 Å². The molecular weight excluding hydrogens is 332 g/mol. The Hall–Kier alpha value is -2.39. The molecule has 3 aromatic rings. The van der Waals surface area contributed by atoms with Crippen molar-refractivity contribution in [2.45, 2.75) is 37.5 Å². The summed E-state index contributed by atoms with van der Waals surface area (Å²) in [6.45, 7) is 3.08. The number of benzene rings is 2. The zero-order chi connectivity index (χ0) is 18.3. The Morgan fingerprint density at radius 3 is 2.67 bits per heavy atom. The number of hydrogen-bond acceptors (Lipinski definition) is 2. The molecule has 1 aliphatic carbocycles. The molecule has 1 saturated heterocycles. The average Bonchev–Trinajstić information content (AvgIpc) is 3.30. The second-order valence-electron chi connectivity index (χ2n) is 8.20. The lowest BCUT2D eigenvalue weighted by molar-refractivity contribution is 0.0945. The van der Waals surface area contributed by atoms with Gasteiger partial charge in [-0.05, 0) is 61.4 Å². The van der Waals surface area contributed by atoms with Gasteiger partial charge in [-0.2, -0.15) is 0 Å². The van der Waals surface area contributed by atoms with E-state index in [2.05, 4.69) is 34.1 Å². The fourth-order valence-electron chi connectivity index (χ4n) is 5.18. The predicted octanol–water partition coefficient (Wildman–Crippen LogP) is 4.72. The molecule has 1 fully saturated rings. The second kappa shape index (κ2) is 6.65. The maximum Gasteiger partial charge on any atom is 0.166 e. The Morgan fingerprint density at radius 1 is 1.00 bits per heavy atom. The highest BCUT2D eigenvalue weighted by Gasteiger charge is 2.40. The van der Waals surface area contributed by atoms with Gasteiger partial charge in [-0.1, -0.05) is 42.5 Å². The second-order valence-corrected chi connectivity index (χ2v) is 8.20. The summed E-state index contributed by atoms with van der Waals surface area (Å²) < 4.78 is 0. The number of aryl methyl sites for hydroxylation is 1. The van der Waals surface area contributed by atoms with E-state index in [1.165, 1.54) is 25.7 Å². The third-order valence-electron chi connectivity index (χ3n) is 6.82. The first-order valence-electron chi connectivity index (χ1n) is 10.2. The first-order valence-corrected chi connectivity index (χ1v) is 10.2. The van der Waals surface area contributed by atoms with Gasteiger partial charge in [-0.15, -0.1) is 0 Å². The van der Waals surface area contributed by atoms with E-state index in [1.54, 1.807) is 11.1 Å². The van der Waals surface area contributed by atoms with E-state index in [1.807, 2.05) is 30.5 Å². The summed E-state index contributed by atoms with van der Waals surface area (Å²) in [5.41, 5.74) is 5.43. The molecule has 0 atom stereocenters. The van der Waals surface area contributed by atoms with E-state index in [9.17, 15) is 4.79 Å². The SMILES string of the molecule is O=C(CCN1CCC2(CCc3ccccc32)CC1)c1c[nH]c2ccccc12. The molecule has 0 amide bonds. The number of H-pyrrole nitrogens is 1. The number of hydrogen-bond donors (Lipinski definition) is 1. The Balaban J connectivity index is 1.21. The summed E-state index contributed by atoms with van der Waals surface area (Å²) in [5, 5.41) is 1.04. The number of rotatable bonds is 4. The van der Waals surface area contributed by atoms with Gasteiger partial charge >= 0.3 is 0 Å². The first kappa shape index (κ1) is 16.8. The summed E-state index contributed by atoms with van der Waals surface area (Å²) in [7, 11) is 0. The minimum absolute atomic E-state index is 0.249. The largest absolute Gasteiger partial charge is 0.360 e. The molecule has 2 heterocycles. The lowest BCUT2D eigenvalue weighted by Crippen LogP contribution is -2.42. The number of ketones is 1. The fourth-order valence-corrected chi connectivity index (χ4v) is 5.18. The number of likely N-dealkylation sites (tertiary alicyclic amines) is 1. The van der Waals surface area contributed by atoms with Crippen LogP contribution in [0.5, 0.6) is 0 Å². The van der Waals surface area contributed by atoms with Crippen LogP contribution in [0.2, 0.25) is 0 Å². The normalized spacial score (nSPS) is 18.8. The number of fused-ring (bicyclic) bond motifs is 3. The molecule has 0 bridgehead atoms. The van der Waals surface area contributed by atoms with Crippen molar-refractivity contribution in [3.63, 3.8) is 0 Å². The topological polar surface area (TPSA) is 36.1 Å². The minimum atomic E-state index is 0.249. The summed E-state index contributed by atoms with van der Waals surface area (Å²) in [4.78, 5) is 18.4. The first-order chi connectivity index (χ1) is 13.3. The van der Waals surface area contributed by atoms with Crippen molar-refractivity contribution < 1.29 is 4.79 Å². The van der Waals surface area contributed by atoms with Crippen LogP contribution in [0.1, 0.15) is 47.2 Å². The smallest absolute Gasteiger partial charge is 0.166 e. The molecule has 3 nitrogen and oxygen atoms in total. The number of Topliss-reactive ketones (excluding diaryl/α,β-unsaturated/α-hetero) is 1. The van der Waals surface area contributed by atoms with Crippen LogP contribution in [0, 0.1) is 0 Å². The third-order valence-corrected chi connectivity index (χ3v) is 6.82. The van der Waals surface area contributed by atoms with E-state index >= 15 is 0 Å². The van der Waals surface area contributed by atoms with Gasteiger partial charge in [0.05, 0.1) is 0 Å².